The smallest absolute Gasteiger partial charge is 0.00685 e. The summed E-state index contributed by atoms with van der Waals surface area (Å²) in [5, 5.41) is 4.12. The maximum absolute atomic E-state index is 2.83. The molecule has 0 spiro atoms. The van der Waals surface area contributed by atoms with Crippen LogP contribution < -0.4 is 5.30 Å². The van der Waals surface area contributed by atoms with Crippen molar-refractivity contribution in [3.8, 4) is 0 Å². The predicted molar refractivity (Wildman–Crippen MR) is 69.9 cm³/mol. The van der Waals surface area contributed by atoms with Crippen LogP contribution >= 0.6 is 9.24 Å². The molecule has 0 bridgehead atoms. The van der Waals surface area contributed by atoms with E-state index in [1.165, 1.54) is 34.5 Å². The van der Waals surface area contributed by atoms with Gasteiger partial charge in [-0.2, -0.15) is 0 Å². The third-order valence-electron chi connectivity index (χ3n) is 3.61. The lowest BCUT2D eigenvalue weighted by molar-refractivity contribution is 0.797. The normalized spacial score (nSPS) is 18.0. The molecule has 2 aromatic rings. The fraction of sp³-hybridized carbons (Fsp3) is 0.286. The van der Waals surface area contributed by atoms with Gasteiger partial charge in [0.1, 0.15) is 0 Å². The molecule has 0 radical (unpaired) electrons. The summed E-state index contributed by atoms with van der Waals surface area (Å²) in [6.07, 6.45) is 2.68. The lowest BCUT2D eigenvalue weighted by Crippen LogP contribution is -2.04. The van der Waals surface area contributed by atoms with Crippen LogP contribution in [0.15, 0.2) is 36.4 Å². The predicted octanol–water partition coefficient (Wildman–Crippen LogP) is 3.39. The Balaban J connectivity index is 2.36. The van der Waals surface area contributed by atoms with Crippen LogP contribution in [0, 0.1) is 0 Å². The van der Waals surface area contributed by atoms with E-state index in [0.29, 0.717) is 5.41 Å². The molecule has 3 rings (SSSR count). The summed E-state index contributed by atoms with van der Waals surface area (Å²) in [4.78, 5) is 0. The molecule has 0 saturated heterocycles. The third-order valence-corrected chi connectivity index (χ3v) is 4.11. The first-order chi connectivity index (χ1) is 7.21. The molecule has 1 unspecified atom stereocenters. The first kappa shape index (κ1) is 9.36. The van der Waals surface area contributed by atoms with Crippen molar-refractivity contribution in [3.63, 3.8) is 0 Å². The number of benzene rings is 2. The molecule has 0 N–H and O–H groups in total. The zero-order valence-corrected chi connectivity index (χ0v) is 10.1. The highest BCUT2D eigenvalue weighted by atomic mass is 31.0. The summed E-state index contributed by atoms with van der Waals surface area (Å²) in [6.45, 7) is 2.37. The van der Waals surface area contributed by atoms with Crippen LogP contribution in [-0.4, -0.2) is 0 Å². The quantitative estimate of drug-likeness (QED) is 0.638. The Hall–Kier alpha value is -0.870. The van der Waals surface area contributed by atoms with Crippen molar-refractivity contribution in [3.05, 3.63) is 42.0 Å². The Morgan fingerprint density at radius 2 is 1.67 bits per heavy atom. The molecule has 2 aromatic carbocycles. The van der Waals surface area contributed by atoms with Crippen molar-refractivity contribution in [2.24, 2.45) is 0 Å². The Labute approximate surface area is 92.9 Å². The summed E-state index contributed by atoms with van der Waals surface area (Å²) in [6, 6.07) is 13.3. The van der Waals surface area contributed by atoms with Crippen molar-refractivity contribution in [1.82, 2.24) is 0 Å². The Morgan fingerprint density at radius 3 is 2.33 bits per heavy atom. The second kappa shape index (κ2) is 3.06. The van der Waals surface area contributed by atoms with Crippen LogP contribution in [0.3, 0.4) is 0 Å². The van der Waals surface area contributed by atoms with E-state index in [4.69, 9.17) is 0 Å². The third kappa shape index (κ3) is 1.40. The Bertz CT molecular complexity index is 524. The van der Waals surface area contributed by atoms with Crippen LogP contribution in [0.1, 0.15) is 25.3 Å². The van der Waals surface area contributed by atoms with Crippen LogP contribution in [0.5, 0.6) is 0 Å². The van der Waals surface area contributed by atoms with Crippen LogP contribution in [-0.2, 0) is 5.41 Å². The van der Waals surface area contributed by atoms with E-state index >= 15 is 0 Å². The van der Waals surface area contributed by atoms with E-state index < -0.39 is 0 Å². The lowest BCUT2D eigenvalue weighted by atomic mass is 9.92. The molecule has 1 aliphatic rings. The average molecular weight is 214 g/mol. The molecular weight excluding hydrogens is 199 g/mol. The molecule has 1 atom stereocenters. The summed E-state index contributed by atoms with van der Waals surface area (Å²) in [7, 11) is 2.83. The minimum atomic E-state index is 0.456. The van der Waals surface area contributed by atoms with Gasteiger partial charge in [-0.3, -0.25) is 0 Å². The highest BCUT2D eigenvalue weighted by molar-refractivity contribution is 7.28. The topological polar surface area (TPSA) is 0 Å². The Kier molecular flexibility index (Phi) is 1.91. The molecule has 15 heavy (non-hydrogen) atoms. The molecule has 76 valence electrons. The number of hydrogen-bond acceptors (Lipinski definition) is 0. The van der Waals surface area contributed by atoms with E-state index in [9.17, 15) is 0 Å². The van der Waals surface area contributed by atoms with Gasteiger partial charge in [-0.25, -0.2) is 0 Å². The minimum absolute atomic E-state index is 0.456. The van der Waals surface area contributed by atoms with Gasteiger partial charge in [-0.05, 0) is 39.9 Å². The first-order valence-corrected chi connectivity index (χ1v) is 6.06. The van der Waals surface area contributed by atoms with Crippen LogP contribution in [0.2, 0.25) is 0 Å². The van der Waals surface area contributed by atoms with Gasteiger partial charge < -0.3 is 0 Å². The molecule has 0 nitrogen and oxygen atoms in total. The maximum Gasteiger partial charge on any atom is -0.00685 e. The van der Waals surface area contributed by atoms with Gasteiger partial charge in [0.25, 0.3) is 0 Å². The zero-order valence-electron chi connectivity index (χ0n) is 8.96. The van der Waals surface area contributed by atoms with Crippen molar-refractivity contribution >= 4 is 25.3 Å². The second-order valence-corrected chi connectivity index (χ2v) is 5.43. The Morgan fingerprint density at radius 1 is 1.00 bits per heavy atom. The SMILES string of the molecule is CC1(c2ccc(P)c3ccccc23)CC1. The van der Waals surface area contributed by atoms with Gasteiger partial charge in [-0.1, -0.05) is 43.3 Å². The summed E-state index contributed by atoms with van der Waals surface area (Å²) < 4.78 is 0. The monoisotopic (exact) mass is 214 g/mol. The van der Waals surface area contributed by atoms with Crippen molar-refractivity contribution in [2.75, 3.05) is 0 Å². The van der Waals surface area contributed by atoms with Gasteiger partial charge >= 0.3 is 0 Å². The van der Waals surface area contributed by atoms with Gasteiger partial charge in [0, 0.05) is 0 Å². The van der Waals surface area contributed by atoms with Crippen molar-refractivity contribution < 1.29 is 0 Å². The molecule has 1 saturated carbocycles. The fourth-order valence-corrected chi connectivity index (χ4v) is 2.65. The molecule has 1 aliphatic carbocycles. The maximum atomic E-state index is 2.83. The molecule has 1 heteroatoms. The second-order valence-electron chi connectivity index (χ2n) is 4.81. The van der Waals surface area contributed by atoms with Gasteiger partial charge in [0.05, 0.1) is 0 Å². The molecular formula is C14H15P. The van der Waals surface area contributed by atoms with E-state index in [2.05, 4.69) is 52.6 Å². The molecule has 0 heterocycles. The standard InChI is InChI=1S/C14H15P/c1-14(8-9-14)12-6-7-13(15)11-5-3-2-4-10(11)12/h2-7H,8-9,15H2,1H3. The fourth-order valence-electron chi connectivity index (χ4n) is 2.31. The van der Waals surface area contributed by atoms with Crippen LogP contribution in [0.25, 0.3) is 10.8 Å². The largest absolute Gasteiger partial charge is 0.105 e. The van der Waals surface area contributed by atoms with Crippen molar-refractivity contribution in [2.45, 2.75) is 25.2 Å². The minimum Gasteiger partial charge on any atom is -0.105 e. The van der Waals surface area contributed by atoms with E-state index in [1.54, 1.807) is 0 Å². The van der Waals surface area contributed by atoms with Crippen LogP contribution in [0.4, 0.5) is 0 Å². The summed E-state index contributed by atoms with van der Waals surface area (Å²) >= 11 is 0. The average Bonchev–Trinajstić information content (AvgIpc) is 2.98. The summed E-state index contributed by atoms with van der Waals surface area (Å²) in [5.74, 6) is 0. The highest BCUT2D eigenvalue weighted by Gasteiger charge is 2.39. The van der Waals surface area contributed by atoms with Crippen molar-refractivity contribution in [1.29, 1.82) is 0 Å². The lowest BCUT2D eigenvalue weighted by Gasteiger charge is -2.14. The zero-order chi connectivity index (χ0) is 10.5. The van der Waals surface area contributed by atoms with E-state index in [1.807, 2.05) is 0 Å². The highest BCUT2D eigenvalue weighted by Crippen LogP contribution is 2.49. The van der Waals surface area contributed by atoms with E-state index in [-0.39, 0.29) is 0 Å². The van der Waals surface area contributed by atoms with Gasteiger partial charge in [-0.15, -0.1) is 9.24 Å². The van der Waals surface area contributed by atoms with E-state index in [0.717, 1.165) is 0 Å². The molecule has 0 amide bonds. The number of rotatable bonds is 1. The summed E-state index contributed by atoms with van der Waals surface area (Å²) in [5.41, 5.74) is 1.99. The molecule has 0 aliphatic heterocycles. The first-order valence-electron chi connectivity index (χ1n) is 5.48. The van der Waals surface area contributed by atoms with Gasteiger partial charge in [0.15, 0.2) is 0 Å². The number of hydrogen-bond donors (Lipinski definition) is 0. The molecule has 1 fully saturated rings. The van der Waals surface area contributed by atoms with Gasteiger partial charge in [0.2, 0.25) is 0 Å². The number of fused-ring (bicyclic) bond motifs is 1. The molecule has 0 aromatic heterocycles.